The molecule has 0 amide bonds. The zero-order valence-corrected chi connectivity index (χ0v) is 13.8. The predicted molar refractivity (Wildman–Crippen MR) is 88.3 cm³/mol. The predicted octanol–water partition coefficient (Wildman–Crippen LogP) is 3.69. The van der Waals surface area contributed by atoms with E-state index in [-0.39, 0.29) is 11.6 Å². The standard InChI is InChI=1S/C18H26N2O2/c1-4-5-6-14-10-18(11-21-17(19)20-18)15-9-13(12(2)3)7-8-16(15)22-14/h7-9,12,14H,4-6,10-11H2,1-3H3,(H2,19,20)/t14-,18?/m0/s1. The van der Waals surface area contributed by atoms with Gasteiger partial charge in [-0.1, -0.05) is 39.7 Å². The average molecular weight is 302 g/mol. The molecule has 0 saturated carbocycles. The minimum atomic E-state index is -0.360. The van der Waals surface area contributed by atoms with E-state index in [9.17, 15) is 0 Å². The minimum absolute atomic E-state index is 0.190. The zero-order chi connectivity index (χ0) is 15.7. The van der Waals surface area contributed by atoms with Crippen LogP contribution in [0, 0.1) is 0 Å². The van der Waals surface area contributed by atoms with Gasteiger partial charge in [0.15, 0.2) is 0 Å². The number of unbranched alkanes of at least 4 members (excludes halogenated alkanes) is 1. The lowest BCUT2D eigenvalue weighted by atomic mass is 9.80. The Morgan fingerprint density at radius 2 is 2.23 bits per heavy atom. The minimum Gasteiger partial charge on any atom is -0.490 e. The average Bonchev–Trinajstić information content (AvgIpc) is 2.86. The number of ether oxygens (including phenoxy) is 2. The van der Waals surface area contributed by atoms with Crippen LogP contribution in [0.25, 0.3) is 0 Å². The van der Waals surface area contributed by atoms with Gasteiger partial charge in [0, 0.05) is 12.0 Å². The fourth-order valence-electron chi connectivity index (χ4n) is 3.39. The van der Waals surface area contributed by atoms with Gasteiger partial charge in [-0.05, 0) is 30.0 Å². The van der Waals surface area contributed by atoms with E-state index >= 15 is 0 Å². The third kappa shape index (κ3) is 2.67. The zero-order valence-electron chi connectivity index (χ0n) is 13.8. The Labute approximate surface area is 132 Å². The summed E-state index contributed by atoms with van der Waals surface area (Å²) in [6.45, 7) is 7.13. The maximum atomic E-state index is 6.23. The van der Waals surface area contributed by atoms with Crippen LogP contribution in [-0.4, -0.2) is 18.7 Å². The molecule has 3 rings (SSSR count). The summed E-state index contributed by atoms with van der Waals surface area (Å²) in [5.41, 5.74) is 7.90. The van der Waals surface area contributed by atoms with E-state index in [1.54, 1.807) is 0 Å². The number of fused-ring (bicyclic) bond motifs is 2. The molecule has 1 aromatic carbocycles. The molecule has 22 heavy (non-hydrogen) atoms. The summed E-state index contributed by atoms with van der Waals surface area (Å²) >= 11 is 0. The van der Waals surface area contributed by atoms with Crippen LogP contribution >= 0.6 is 0 Å². The number of amidine groups is 1. The van der Waals surface area contributed by atoms with Crippen LogP contribution in [0.2, 0.25) is 0 Å². The summed E-state index contributed by atoms with van der Waals surface area (Å²) in [6.07, 6.45) is 4.44. The van der Waals surface area contributed by atoms with Crippen molar-refractivity contribution in [3.05, 3.63) is 29.3 Å². The number of hydrogen-bond acceptors (Lipinski definition) is 4. The van der Waals surface area contributed by atoms with Crippen LogP contribution in [0.5, 0.6) is 5.75 Å². The number of aliphatic imine (C=N–C) groups is 1. The molecule has 0 saturated heterocycles. The lowest BCUT2D eigenvalue weighted by Crippen LogP contribution is -2.38. The van der Waals surface area contributed by atoms with Crippen LogP contribution in [0.4, 0.5) is 0 Å². The van der Waals surface area contributed by atoms with Crippen molar-refractivity contribution in [3.8, 4) is 5.75 Å². The van der Waals surface area contributed by atoms with Gasteiger partial charge >= 0.3 is 0 Å². The second-order valence-corrected chi connectivity index (χ2v) is 6.77. The summed E-state index contributed by atoms with van der Waals surface area (Å²) in [4.78, 5) is 4.67. The van der Waals surface area contributed by atoms with E-state index in [0.29, 0.717) is 18.5 Å². The SMILES string of the molecule is CCCC[C@H]1CC2(COC(N)=N2)c2cc(C(C)C)ccc2O1. The van der Waals surface area contributed by atoms with Gasteiger partial charge in [-0.3, -0.25) is 0 Å². The van der Waals surface area contributed by atoms with Crippen molar-refractivity contribution in [1.29, 1.82) is 0 Å². The smallest absolute Gasteiger partial charge is 0.283 e. The van der Waals surface area contributed by atoms with Crippen LogP contribution < -0.4 is 10.5 Å². The van der Waals surface area contributed by atoms with Crippen molar-refractivity contribution in [2.24, 2.45) is 10.7 Å². The largest absolute Gasteiger partial charge is 0.490 e. The first-order valence-electron chi connectivity index (χ1n) is 8.33. The molecule has 2 N–H and O–H groups in total. The molecule has 2 aliphatic heterocycles. The van der Waals surface area contributed by atoms with Gasteiger partial charge in [0.05, 0.1) is 0 Å². The highest BCUT2D eigenvalue weighted by Gasteiger charge is 2.45. The number of benzene rings is 1. The van der Waals surface area contributed by atoms with Gasteiger partial charge in [0.25, 0.3) is 6.02 Å². The van der Waals surface area contributed by atoms with Gasteiger partial charge < -0.3 is 15.2 Å². The molecule has 0 fully saturated rings. The lowest BCUT2D eigenvalue weighted by molar-refractivity contribution is 0.0986. The third-order valence-electron chi connectivity index (χ3n) is 4.69. The third-order valence-corrected chi connectivity index (χ3v) is 4.69. The monoisotopic (exact) mass is 302 g/mol. The van der Waals surface area contributed by atoms with Crippen LogP contribution in [-0.2, 0) is 10.3 Å². The highest BCUT2D eigenvalue weighted by Crippen LogP contribution is 2.46. The Kier molecular flexibility index (Phi) is 4.02. The molecule has 1 aromatic rings. The molecule has 2 aliphatic rings. The van der Waals surface area contributed by atoms with Crippen molar-refractivity contribution >= 4 is 6.02 Å². The highest BCUT2D eigenvalue weighted by atomic mass is 16.5. The molecular formula is C18H26N2O2. The fourth-order valence-corrected chi connectivity index (χ4v) is 3.39. The maximum Gasteiger partial charge on any atom is 0.283 e. The van der Waals surface area contributed by atoms with Gasteiger partial charge in [0.2, 0.25) is 0 Å². The topological polar surface area (TPSA) is 56.8 Å². The van der Waals surface area contributed by atoms with Crippen molar-refractivity contribution < 1.29 is 9.47 Å². The van der Waals surface area contributed by atoms with Crippen LogP contribution in [0.15, 0.2) is 23.2 Å². The summed E-state index contributed by atoms with van der Waals surface area (Å²) in [6, 6.07) is 6.77. The highest BCUT2D eigenvalue weighted by molar-refractivity contribution is 5.74. The molecule has 1 spiro atoms. The molecule has 2 heterocycles. The van der Waals surface area contributed by atoms with E-state index in [4.69, 9.17) is 15.2 Å². The molecule has 2 atom stereocenters. The van der Waals surface area contributed by atoms with Crippen LogP contribution in [0.1, 0.15) is 63.5 Å². The first-order valence-corrected chi connectivity index (χ1v) is 8.33. The van der Waals surface area contributed by atoms with E-state index in [2.05, 4.69) is 44.0 Å². The van der Waals surface area contributed by atoms with Gasteiger partial charge in [0.1, 0.15) is 24.0 Å². The van der Waals surface area contributed by atoms with E-state index in [1.165, 1.54) is 18.4 Å². The quantitative estimate of drug-likeness (QED) is 0.922. The Balaban J connectivity index is 2.00. The van der Waals surface area contributed by atoms with E-state index in [1.807, 2.05) is 0 Å². The van der Waals surface area contributed by atoms with E-state index in [0.717, 1.165) is 24.2 Å². The van der Waals surface area contributed by atoms with Gasteiger partial charge in [-0.2, -0.15) is 0 Å². The number of rotatable bonds is 4. The Hall–Kier alpha value is -1.71. The molecule has 4 nitrogen and oxygen atoms in total. The Morgan fingerprint density at radius 1 is 1.41 bits per heavy atom. The normalized spacial score (nSPS) is 26.5. The molecular weight excluding hydrogens is 276 g/mol. The second-order valence-electron chi connectivity index (χ2n) is 6.77. The van der Waals surface area contributed by atoms with Crippen molar-refractivity contribution in [3.63, 3.8) is 0 Å². The lowest BCUT2D eigenvalue weighted by Gasteiger charge is -2.37. The Bertz CT molecular complexity index is 582. The van der Waals surface area contributed by atoms with Gasteiger partial charge in [-0.25, -0.2) is 4.99 Å². The molecule has 4 heteroatoms. The first-order chi connectivity index (χ1) is 10.5. The van der Waals surface area contributed by atoms with Gasteiger partial charge in [-0.15, -0.1) is 0 Å². The summed E-state index contributed by atoms with van der Waals surface area (Å²) < 4.78 is 11.8. The summed E-state index contributed by atoms with van der Waals surface area (Å²) in [5.74, 6) is 1.42. The fraction of sp³-hybridized carbons (Fsp3) is 0.611. The molecule has 0 bridgehead atoms. The summed E-state index contributed by atoms with van der Waals surface area (Å²) in [5, 5.41) is 0. The molecule has 0 aliphatic carbocycles. The maximum absolute atomic E-state index is 6.23. The summed E-state index contributed by atoms with van der Waals surface area (Å²) in [7, 11) is 0. The van der Waals surface area contributed by atoms with E-state index < -0.39 is 0 Å². The van der Waals surface area contributed by atoms with Crippen LogP contribution in [0.3, 0.4) is 0 Å². The van der Waals surface area contributed by atoms with Crippen molar-refractivity contribution in [2.75, 3.05) is 6.61 Å². The Morgan fingerprint density at radius 3 is 2.86 bits per heavy atom. The molecule has 0 aromatic heterocycles. The molecule has 1 unspecified atom stereocenters. The number of nitrogens with two attached hydrogens (primary N) is 1. The number of hydrogen-bond donors (Lipinski definition) is 1. The second kappa shape index (κ2) is 5.82. The van der Waals surface area contributed by atoms with Crippen molar-refractivity contribution in [1.82, 2.24) is 0 Å². The molecule has 120 valence electrons. The first kappa shape index (κ1) is 15.2. The van der Waals surface area contributed by atoms with Crippen molar-refractivity contribution in [2.45, 2.75) is 64.0 Å². The number of nitrogens with zero attached hydrogens (tertiary/aromatic N) is 1. The molecule has 0 radical (unpaired) electrons.